The van der Waals surface area contributed by atoms with Crippen molar-refractivity contribution in [3.05, 3.63) is 64.7 Å². The molecule has 2 aliphatic rings. The Kier molecular flexibility index (Phi) is 6.60. The lowest BCUT2D eigenvalue weighted by atomic mass is 9.95. The first-order valence-electron chi connectivity index (χ1n) is 10.0. The van der Waals surface area contributed by atoms with Gasteiger partial charge in [-0.25, -0.2) is 0 Å². The number of hydrogen-bond donors (Lipinski definition) is 2. The van der Waals surface area contributed by atoms with Gasteiger partial charge in [-0.15, -0.1) is 12.4 Å². The van der Waals surface area contributed by atoms with Gasteiger partial charge in [-0.05, 0) is 55.9 Å². The number of amides is 2. The molecule has 2 aliphatic heterocycles. The fourth-order valence-corrected chi connectivity index (χ4v) is 4.30. The Morgan fingerprint density at radius 1 is 1.10 bits per heavy atom. The number of carbonyl (C=O) groups is 2. The Balaban J connectivity index is 0.00000240. The van der Waals surface area contributed by atoms with Gasteiger partial charge >= 0.3 is 0 Å². The fourth-order valence-electron chi connectivity index (χ4n) is 4.30. The minimum atomic E-state index is -0.396. The summed E-state index contributed by atoms with van der Waals surface area (Å²) >= 11 is 0. The van der Waals surface area contributed by atoms with Crippen molar-refractivity contribution in [1.82, 2.24) is 10.2 Å². The van der Waals surface area contributed by atoms with Gasteiger partial charge in [0.05, 0.1) is 6.04 Å². The van der Waals surface area contributed by atoms with Crippen LogP contribution in [0.15, 0.2) is 42.5 Å². The van der Waals surface area contributed by atoms with E-state index in [0.29, 0.717) is 25.9 Å². The van der Waals surface area contributed by atoms with E-state index < -0.39 is 6.04 Å². The van der Waals surface area contributed by atoms with Crippen molar-refractivity contribution in [3.8, 4) is 0 Å². The molecule has 2 heterocycles. The molecular weight excluding hydrogens is 386 g/mol. The van der Waals surface area contributed by atoms with Crippen molar-refractivity contribution in [2.24, 2.45) is 0 Å². The van der Waals surface area contributed by atoms with Crippen molar-refractivity contribution < 1.29 is 9.59 Å². The maximum absolute atomic E-state index is 13.2. The summed E-state index contributed by atoms with van der Waals surface area (Å²) in [6.07, 6.45) is 2.25. The molecule has 4 rings (SSSR count). The third-order valence-electron chi connectivity index (χ3n) is 5.86. The molecule has 1 saturated heterocycles. The van der Waals surface area contributed by atoms with E-state index in [1.54, 1.807) is 4.90 Å². The zero-order valence-corrected chi connectivity index (χ0v) is 17.7. The van der Waals surface area contributed by atoms with Crippen LogP contribution in [0.5, 0.6) is 0 Å². The Hall–Kier alpha value is -2.37. The molecule has 29 heavy (non-hydrogen) atoms. The SMILES string of the molecule is Cc1ccc(NC(=O)[C@@H]2CCCN2C(=O)[C@@H]2Cc3ccccc3CN2)c(C)c1.Cl. The number of halogens is 1. The first-order valence-corrected chi connectivity index (χ1v) is 10.0. The van der Waals surface area contributed by atoms with Crippen molar-refractivity contribution in [3.63, 3.8) is 0 Å². The predicted octanol–water partition coefficient (Wildman–Crippen LogP) is 3.37. The standard InChI is InChI=1S/C23H27N3O2.ClH/c1-15-9-10-19(16(2)12-15)25-22(27)21-8-5-11-26(21)23(28)20-13-17-6-3-4-7-18(17)14-24-20;/h3-4,6-7,9-10,12,20-21,24H,5,8,11,13-14H2,1-2H3,(H,25,27);1H/t20-,21-;/m0./s1. The summed E-state index contributed by atoms with van der Waals surface area (Å²) in [5.74, 6) is -0.0539. The third kappa shape index (κ3) is 4.46. The van der Waals surface area contributed by atoms with Crippen LogP contribution in [-0.2, 0) is 22.6 Å². The van der Waals surface area contributed by atoms with Crippen molar-refractivity contribution >= 4 is 29.9 Å². The number of nitrogens with zero attached hydrogens (tertiary/aromatic N) is 1. The van der Waals surface area contributed by atoms with Crippen molar-refractivity contribution in [2.45, 2.75) is 51.7 Å². The average Bonchev–Trinajstić information content (AvgIpc) is 3.19. The largest absolute Gasteiger partial charge is 0.329 e. The first-order chi connectivity index (χ1) is 13.5. The van der Waals surface area contributed by atoms with Crippen molar-refractivity contribution in [2.75, 3.05) is 11.9 Å². The number of aryl methyl sites for hydroxylation is 2. The summed E-state index contributed by atoms with van der Waals surface area (Å²) in [5.41, 5.74) is 5.48. The molecular formula is C23H28ClN3O2. The number of carbonyl (C=O) groups excluding carboxylic acids is 2. The lowest BCUT2D eigenvalue weighted by Gasteiger charge is -2.31. The maximum Gasteiger partial charge on any atom is 0.247 e. The van der Waals surface area contributed by atoms with E-state index >= 15 is 0 Å². The Labute approximate surface area is 178 Å². The second kappa shape index (κ2) is 8.97. The summed E-state index contributed by atoms with van der Waals surface area (Å²) in [4.78, 5) is 27.9. The average molecular weight is 414 g/mol. The molecule has 0 aromatic heterocycles. The van der Waals surface area contributed by atoms with E-state index in [9.17, 15) is 9.59 Å². The Morgan fingerprint density at radius 3 is 2.62 bits per heavy atom. The highest BCUT2D eigenvalue weighted by atomic mass is 35.5. The van der Waals surface area contributed by atoms with Gasteiger partial charge in [0.1, 0.15) is 6.04 Å². The van der Waals surface area contributed by atoms with Crippen LogP contribution in [0.3, 0.4) is 0 Å². The number of hydrogen-bond acceptors (Lipinski definition) is 3. The highest BCUT2D eigenvalue weighted by Gasteiger charge is 2.38. The van der Waals surface area contributed by atoms with Gasteiger partial charge in [-0.2, -0.15) is 0 Å². The molecule has 2 amide bonds. The summed E-state index contributed by atoms with van der Waals surface area (Å²) in [5, 5.41) is 6.38. The number of benzene rings is 2. The van der Waals surface area contributed by atoms with Crippen LogP contribution >= 0.6 is 12.4 Å². The lowest BCUT2D eigenvalue weighted by Crippen LogP contribution is -2.53. The molecule has 0 aliphatic carbocycles. The van der Waals surface area contributed by atoms with Crippen LogP contribution in [0.2, 0.25) is 0 Å². The maximum atomic E-state index is 13.2. The van der Waals surface area contributed by atoms with Gasteiger partial charge < -0.3 is 15.5 Å². The van der Waals surface area contributed by atoms with Crippen LogP contribution in [0.25, 0.3) is 0 Å². The van der Waals surface area contributed by atoms with E-state index in [1.165, 1.54) is 11.1 Å². The summed E-state index contributed by atoms with van der Waals surface area (Å²) in [6.45, 7) is 5.36. The number of anilines is 1. The van der Waals surface area contributed by atoms with Gasteiger partial charge in [0.15, 0.2) is 0 Å². The molecule has 6 heteroatoms. The monoisotopic (exact) mass is 413 g/mol. The molecule has 2 N–H and O–H groups in total. The van der Waals surface area contributed by atoms with Crippen LogP contribution < -0.4 is 10.6 Å². The molecule has 2 atom stereocenters. The third-order valence-corrected chi connectivity index (χ3v) is 5.86. The molecule has 0 spiro atoms. The van der Waals surface area contributed by atoms with Gasteiger partial charge in [0.25, 0.3) is 0 Å². The Bertz CT molecular complexity index is 915. The molecule has 154 valence electrons. The van der Waals surface area contributed by atoms with Crippen LogP contribution in [0.1, 0.15) is 35.1 Å². The molecule has 5 nitrogen and oxygen atoms in total. The molecule has 2 aromatic carbocycles. The van der Waals surface area contributed by atoms with Gasteiger partial charge in [0.2, 0.25) is 11.8 Å². The molecule has 1 fully saturated rings. The molecule has 2 aromatic rings. The second-order valence-electron chi connectivity index (χ2n) is 7.90. The Morgan fingerprint density at radius 2 is 1.86 bits per heavy atom. The smallest absolute Gasteiger partial charge is 0.247 e. The second-order valence-corrected chi connectivity index (χ2v) is 7.90. The van der Waals surface area contributed by atoms with Gasteiger partial charge in [-0.3, -0.25) is 9.59 Å². The molecule has 0 saturated carbocycles. The number of rotatable bonds is 3. The zero-order chi connectivity index (χ0) is 19.7. The van der Waals surface area contributed by atoms with E-state index in [0.717, 1.165) is 23.2 Å². The molecule has 0 bridgehead atoms. The summed E-state index contributed by atoms with van der Waals surface area (Å²) < 4.78 is 0. The van der Waals surface area contributed by atoms with Gasteiger partial charge in [-0.1, -0.05) is 42.0 Å². The van der Waals surface area contributed by atoms with E-state index in [1.807, 2.05) is 38.1 Å². The van der Waals surface area contributed by atoms with E-state index in [-0.39, 0.29) is 30.3 Å². The predicted molar refractivity (Wildman–Crippen MR) is 117 cm³/mol. The number of nitrogens with one attached hydrogen (secondary N) is 2. The van der Waals surface area contributed by atoms with Crippen LogP contribution in [-0.4, -0.2) is 35.3 Å². The van der Waals surface area contributed by atoms with Crippen LogP contribution in [0.4, 0.5) is 5.69 Å². The topological polar surface area (TPSA) is 61.4 Å². The lowest BCUT2D eigenvalue weighted by molar-refractivity contribution is -0.138. The normalized spacial score (nSPS) is 20.6. The fraction of sp³-hybridized carbons (Fsp3) is 0.391. The van der Waals surface area contributed by atoms with Gasteiger partial charge in [0, 0.05) is 18.8 Å². The number of likely N-dealkylation sites (tertiary alicyclic amines) is 1. The minimum Gasteiger partial charge on any atom is -0.329 e. The summed E-state index contributed by atoms with van der Waals surface area (Å²) in [6, 6.07) is 13.5. The number of fused-ring (bicyclic) bond motifs is 1. The first kappa shape index (κ1) is 21.3. The summed E-state index contributed by atoms with van der Waals surface area (Å²) in [7, 11) is 0. The van der Waals surface area contributed by atoms with E-state index in [4.69, 9.17) is 0 Å². The highest BCUT2D eigenvalue weighted by Crippen LogP contribution is 2.24. The molecule has 0 unspecified atom stereocenters. The quantitative estimate of drug-likeness (QED) is 0.811. The highest BCUT2D eigenvalue weighted by molar-refractivity contribution is 5.98. The minimum absolute atomic E-state index is 0. The van der Waals surface area contributed by atoms with E-state index in [2.05, 4.69) is 28.8 Å². The zero-order valence-electron chi connectivity index (χ0n) is 16.9. The molecule has 0 radical (unpaired) electrons. The van der Waals surface area contributed by atoms with Crippen LogP contribution in [0, 0.1) is 13.8 Å². The van der Waals surface area contributed by atoms with Crippen molar-refractivity contribution in [1.29, 1.82) is 0 Å².